The lowest BCUT2D eigenvalue weighted by molar-refractivity contribution is -0.142. The van der Waals surface area contributed by atoms with Gasteiger partial charge in [-0.05, 0) is 32.6 Å². The average molecular weight is 407 g/mol. The van der Waals surface area contributed by atoms with Gasteiger partial charge in [-0.3, -0.25) is 19.2 Å². The zero-order valence-electron chi connectivity index (χ0n) is 14.7. The molecular formula is C16H26N2O6S2. The van der Waals surface area contributed by atoms with Crippen LogP contribution in [0.15, 0.2) is 0 Å². The van der Waals surface area contributed by atoms with Gasteiger partial charge in [0.1, 0.15) is 12.1 Å². The first kappa shape index (κ1) is 22.6. The molecule has 1 fully saturated rings. The van der Waals surface area contributed by atoms with Gasteiger partial charge in [-0.1, -0.05) is 28.0 Å². The standard InChI is InChI=1S/C16H26N2O6S2/c1-10(16(23)24)17-15(22)12(6-7-14(20)21)18-13(19)5-3-2-4-11-8-9-25-26-11/h10-12H,2-9H2,1H3,(H,17,22)(H,18,19)(H,20,21)(H,23,24)/t10-,11+,12+/m1/s1. The van der Waals surface area contributed by atoms with Gasteiger partial charge in [0, 0.05) is 23.8 Å². The van der Waals surface area contributed by atoms with E-state index >= 15 is 0 Å². The van der Waals surface area contributed by atoms with Gasteiger partial charge in [-0.2, -0.15) is 0 Å². The number of carboxylic acid groups (broad SMARTS) is 2. The van der Waals surface area contributed by atoms with Crippen molar-refractivity contribution in [3.05, 3.63) is 0 Å². The van der Waals surface area contributed by atoms with Gasteiger partial charge in [0.2, 0.25) is 11.8 Å². The normalized spacial score (nSPS) is 18.7. The maximum Gasteiger partial charge on any atom is 0.325 e. The summed E-state index contributed by atoms with van der Waals surface area (Å²) in [6, 6.07) is -2.17. The van der Waals surface area contributed by atoms with Gasteiger partial charge >= 0.3 is 11.9 Å². The first-order valence-corrected chi connectivity index (χ1v) is 11.0. The van der Waals surface area contributed by atoms with Crippen molar-refractivity contribution in [1.29, 1.82) is 0 Å². The molecule has 0 radical (unpaired) electrons. The van der Waals surface area contributed by atoms with Crippen LogP contribution in [0.1, 0.15) is 51.9 Å². The van der Waals surface area contributed by atoms with E-state index in [4.69, 9.17) is 10.2 Å². The highest BCUT2D eigenvalue weighted by atomic mass is 33.1. The molecule has 1 saturated heterocycles. The molecule has 1 aliphatic heterocycles. The lowest BCUT2D eigenvalue weighted by atomic mass is 10.1. The third-order valence-electron chi connectivity index (χ3n) is 3.93. The fourth-order valence-electron chi connectivity index (χ4n) is 2.40. The molecule has 0 spiro atoms. The highest BCUT2D eigenvalue weighted by Crippen LogP contribution is 2.39. The molecule has 0 aromatic heterocycles. The van der Waals surface area contributed by atoms with Gasteiger partial charge in [-0.25, -0.2) is 0 Å². The monoisotopic (exact) mass is 406 g/mol. The summed E-state index contributed by atoms with van der Waals surface area (Å²) < 4.78 is 0. The second-order valence-corrected chi connectivity index (χ2v) is 8.98. The van der Waals surface area contributed by atoms with Crippen molar-refractivity contribution in [3.8, 4) is 0 Å². The van der Waals surface area contributed by atoms with Crippen molar-refractivity contribution in [1.82, 2.24) is 10.6 Å². The fourth-order valence-corrected chi connectivity index (χ4v) is 5.43. The van der Waals surface area contributed by atoms with Crippen molar-refractivity contribution in [3.63, 3.8) is 0 Å². The van der Waals surface area contributed by atoms with Crippen LogP contribution >= 0.6 is 21.6 Å². The summed E-state index contributed by atoms with van der Waals surface area (Å²) in [5.41, 5.74) is 0. The van der Waals surface area contributed by atoms with Gasteiger partial charge in [-0.15, -0.1) is 0 Å². The molecule has 0 aliphatic carbocycles. The molecule has 4 N–H and O–H groups in total. The van der Waals surface area contributed by atoms with E-state index in [0.717, 1.165) is 12.8 Å². The molecule has 1 rings (SSSR count). The molecule has 2 amide bonds. The number of rotatable bonds is 12. The SMILES string of the molecule is C[C@@H](NC(=O)[C@H](CCC(=O)O)NC(=O)CCCC[C@H]1CCSS1)C(=O)O. The average Bonchev–Trinajstić information content (AvgIpc) is 3.08. The first-order chi connectivity index (χ1) is 12.3. The van der Waals surface area contributed by atoms with E-state index in [0.29, 0.717) is 11.7 Å². The summed E-state index contributed by atoms with van der Waals surface area (Å²) in [7, 11) is 3.77. The molecule has 0 bridgehead atoms. The molecule has 8 nitrogen and oxygen atoms in total. The third-order valence-corrected chi connectivity index (χ3v) is 6.94. The molecule has 0 aromatic carbocycles. The maximum absolute atomic E-state index is 12.1. The van der Waals surface area contributed by atoms with Crippen LogP contribution in [-0.4, -0.2) is 57.1 Å². The largest absolute Gasteiger partial charge is 0.481 e. The fraction of sp³-hybridized carbons (Fsp3) is 0.750. The van der Waals surface area contributed by atoms with E-state index in [2.05, 4.69) is 10.6 Å². The number of aliphatic carboxylic acids is 2. The Labute approximate surface area is 160 Å². The summed E-state index contributed by atoms with van der Waals surface area (Å²) in [6.07, 6.45) is 3.76. The van der Waals surface area contributed by atoms with E-state index in [9.17, 15) is 19.2 Å². The van der Waals surface area contributed by atoms with Crippen LogP contribution in [0.4, 0.5) is 0 Å². The van der Waals surface area contributed by atoms with Crippen LogP contribution in [0.5, 0.6) is 0 Å². The topological polar surface area (TPSA) is 133 Å². The highest BCUT2D eigenvalue weighted by Gasteiger charge is 2.24. The minimum absolute atomic E-state index is 0.0881. The number of nitrogens with one attached hydrogen (secondary N) is 2. The van der Waals surface area contributed by atoms with Gasteiger partial charge in [0.15, 0.2) is 0 Å². The Morgan fingerprint density at radius 1 is 1.12 bits per heavy atom. The zero-order valence-corrected chi connectivity index (χ0v) is 16.4. The second-order valence-electron chi connectivity index (χ2n) is 6.20. The number of hydrogen-bond donors (Lipinski definition) is 4. The Bertz CT molecular complexity index is 511. The molecule has 26 heavy (non-hydrogen) atoms. The lowest BCUT2D eigenvalue weighted by Crippen LogP contribution is -2.50. The van der Waals surface area contributed by atoms with Crippen LogP contribution in [0, 0.1) is 0 Å². The molecule has 0 saturated carbocycles. The highest BCUT2D eigenvalue weighted by molar-refractivity contribution is 8.77. The van der Waals surface area contributed by atoms with Crippen molar-refractivity contribution < 1.29 is 29.4 Å². The molecule has 0 unspecified atom stereocenters. The smallest absolute Gasteiger partial charge is 0.325 e. The van der Waals surface area contributed by atoms with Crippen molar-refractivity contribution in [2.24, 2.45) is 0 Å². The summed E-state index contributed by atoms with van der Waals surface area (Å²) in [4.78, 5) is 45.7. The van der Waals surface area contributed by atoms with E-state index in [1.807, 2.05) is 21.6 Å². The summed E-state index contributed by atoms with van der Waals surface area (Å²) in [6.45, 7) is 1.30. The lowest BCUT2D eigenvalue weighted by Gasteiger charge is -2.19. The number of amides is 2. The van der Waals surface area contributed by atoms with Crippen molar-refractivity contribution >= 4 is 45.3 Å². The van der Waals surface area contributed by atoms with E-state index in [1.165, 1.54) is 19.1 Å². The number of hydrogen-bond acceptors (Lipinski definition) is 6. The number of carbonyl (C=O) groups excluding carboxylic acids is 2. The minimum Gasteiger partial charge on any atom is -0.481 e. The Hall–Kier alpha value is -1.42. The van der Waals surface area contributed by atoms with Gasteiger partial charge in [0.05, 0.1) is 0 Å². The Kier molecular flexibility index (Phi) is 10.5. The van der Waals surface area contributed by atoms with Crippen LogP contribution in [0.2, 0.25) is 0 Å². The summed E-state index contributed by atoms with van der Waals surface area (Å²) in [5.74, 6) is -2.13. The minimum atomic E-state index is -1.20. The Morgan fingerprint density at radius 3 is 2.42 bits per heavy atom. The molecule has 10 heteroatoms. The molecule has 0 aromatic rings. The van der Waals surface area contributed by atoms with Crippen LogP contribution in [0.25, 0.3) is 0 Å². The van der Waals surface area contributed by atoms with Crippen LogP contribution in [-0.2, 0) is 19.2 Å². The van der Waals surface area contributed by atoms with Crippen LogP contribution in [0.3, 0.4) is 0 Å². The molecule has 148 valence electrons. The van der Waals surface area contributed by atoms with E-state index < -0.39 is 29.9 Å². The maximum atomic E-state index is 12.1. The Morgan fingerprint density at radius 2 is 1.85 bits per heavy atom. The van der Waals surface area contributed by atoms with Gasteiger partial charge < -0.3 is 20.8 Å². The summed E-state index contributed by atoms with van der Waals surface area (Å²) in [5, 5.41) is 23.1. The first-order valence-electron chi connectivity index (χ1n) is 8.62. The second kappa shape index (κ2) is 12.1. The molecular weight excluding hydrogens is 380 g/mol. The predicted molar refractivity (Wildman–Crippen MR) is 101 cm³/mol. The third kappa shape index (κ3) is 9.33. The predicted octanol–water partition coefficient (Wildman–Crippen LogP) is 1.64. The molecule has 3 atom stereocenters. The van der Waals surface area contributed by atoms with Crippen molar-refractivity contribution in [2.75, 3.05) is 5.75 Å². The molecule has 1 heterocycles. The number of carbonyl (C=O) groups is 4. The van der Waals surface area contributed by atoms with Crippen LogP contribution < -0.4 is 10.6 Å². The Balaban J connectivity index is 2.41. The number of carboxylic acids is 2. The quantitative estimate of drug-likeness (QED) is 0.284. The zero-order chi connectivity index (χ0) is 19.5. The molecule has 1 aliphatic rings. The number of unbranched alkanes of at least 4 members (excludes halogenated alkanes) is 1. The van der Waals surface area contributed by atoms with E-state index in [-0.39, 0.29) is 25.2 Å². The van der Waals surface area contributed by atoms with Crippen molar-refractivity contribution in [2.45, 2.75) is 69.2 Å². The van der Waals surface area contributed by atoms with E-state index in [1.54, 1.807) is 0 Å². The van der Waals surface area contributed by atoms with Gasteiger partial charge in [0.25, 0.3) is 0 Å². The summed E-state index contributed by atoms with van der Waals surface area (Å²) >= 11 is 0.